The maximum absolute atomic E-state index is 5.79. The van der Waals surface area contributed by atoms with Crippen molar-refractivity contribution in [2.24, 2.45) is 0 Å². The summed E-state index contributed by atoms with van der Waals surface area (Å²) in [5, 5.41) is 1.09. The fraction of sp³-hybridized carbons (Fsp3) is 0.308. The smallest absolute Gasteiger partial charge is 0.0705 e. The highest BCUT2D eigenvalue weighted by Gasteiger charge is 2.11. The summed E-state index contributed by atoms with van der Waals surface area (Å²) in [7, 11) is 0. The second kappa shape index (κ2) is 4.22. The third-order valence-electron chi connectivity index (χ3n) is 3.07. The Morgan fingerprint density at radius 2 is 2.00 bits per heavy atom. The standard InChI is InChI=1S/C13H15N3O/c14-11-1-2-13-10(7-11)8-12(9-15-13)16-3-5-17-6-4-16/h1-2,7-9H,3-6,14H2. The van der Waals surface area contributed by atoms with Crippen LogP contribution in [-0.2, 0) is 4.74 Å². The van der Waals surface area contributed by atoms with Gasteiger partial charge in [0, 0.05) is 24.2 Å². The van der Waals surface area contributed by atoms with E-state index in [4.69, 9.17) is 10.5 Å². The topological polar surface area (TPSA) is 51.4 Å². The molecule has 1 aliphatic rings. The Morgan fingerprint density at radius 3 is 2.82 bits per heavy atom. The van der Waals surface area contributed by atoms with Gasteiger partial charge in [0.05, 0.1) is 30.6 Å². The zero-order valence-corrected chi connectivity index (χ0v) is 9.60. The van der Waals surface area contributed by atoms with E-state index in [1.165, 1.54) is 0 Å². The number of fused-ring (bicyclic) bond motifs is 1. The third-order valence-corrected chi connectivity index (χ3v) is 3.07. The van der Waals surface area contributed by atoms with Crippen molar-refractivity contribution in [2.75, 3.05) is 36.9 Å². The van der Waals surface area contributed by atoms with E-state index in [0.717, 1.165) is 48.6 Å². The average molecular weight is 229 g/mol. The van der Waals surface area contributed by atoms with E-state index in [1.54, 1.807) is 0 Å². The fourth-order valence-corrected chi connectivity index (χ4v) is 2.13. The van der Waals surface area contributed by atoms with Crippen LogP contribution in [0.4, 0.5) is 11.4 Å². The Kier molecular flexibility index (Phi) is 2.57. The van der Waals surface area contributed by atoms with E-state index in [1.807, 2.05) is 24.4 Å². The van der Waals surface area contributed by atoms with Crippen LogP contribution in [0.1, 0.15) is 0 Å². The molecule has 0 saturated carbocycles. The first-order chi connectivity index (χ1) is 8.33. The molecule has 0 atom stereocenters. The number of nitrogens with zero attached hydrogens (tertiary/aromatic N) is 2. The molecule has 1 saturated heterocycles. The van der Waals surface area contributed by atoms with E-state index in [0.29, 0.717) is 0 Å². The zero-order chi connectivity index (χ0) is 11.7. The first-order valence-electron chi connectivity index (χ1n) is 5.81. The normalized spacial score (nSPS) is 16.4. The number of anilines is 2. The number of rotatable bonds is 1. The summed E-state index contributed by atoms with van der Waals surface area (Å²) in [6.45, 7) is 3.43. The van der Waals surface area contributed by atoms with Gasteiger partial charge in [0.15, 0.2) is 0 Å². The van der Waals surface area contributed by atoms with E-state index in [2.05, 4.69) is 16.0 Å². The lowest BCUT2D eigenvalue weighted by Gasteiger charge is -2.28. The predicted octanol–water partition coefficient (Wildman–Crippen LogP) is 1.65. The molecule has 2 N–H and O–H groups in total. The number of hydrogen-bond acceptors (Lipinski definition) is 4. The van der Waals surface area contributed by atoms with Gasteiger partial charge < -0.3 is 15.4 Å². The van der Waals surface area contributed by atoms with Crippen LogP contribution in [0, 0.1) is 0 Å². The monoisotopic (exact) mass is 229 g/mol. The molecular weight excluding hydrogens is 214 g/mol. The molecule has 0 aliphatic carbocycles. The number of morpholine rings is 1. The molecule has 1 aromatic carbocycles. The lowest BCUT2D eigenvalue weighted by atomic mass is 10.2. The maximum Gasteiger partial charge on any atom is 0.0705 e. The molecule has 3 rings (SSSR count). The largest absolute Gasteiger partial charge is 0.399 e. The first-order valence-corrected chi connectivity index (χ1v) is 5.81. The van der Waals surface area contributed by atoms with Gasteiger partial charge in [-0.3, -0.25) is 4.98 Å². The molecule has 0 bridgehead atoms. The van der Waals surface area contributed by atoms with Gasteiger partial charge in [-0.2, -0.15) is 0 Å². The zero-order valence-electron chi connectivity index (χ0n) is 9.60. The van der Waals surface area contributed by atoms with Gasteiger partial charge in [-0.1, -0.05) is 0 Å². The SMILES string of the molecule is Nc1ccc2ncc(N3CCOCC3)cc2c1. The molecule has 2 aromatic rings. The Morgan fingerprint density at radius 1 is 1.18 bits per heavy atom. The predicted molar refractivity (Wildman–Crippen MR) is 69.2 cm³/mol. The molecule has 1 aromatic heterocycles. The Hall–Kier alpha value is -1.81. The minimum absolute atomic E-state index is 0.776. The molecule has 4 nitrogen and oxygen atoms in total. The number of nitrogen functional groups attached to an aromatic ring is 1. The van der Waals surface area contributed by atoms with E-state index >= 15 is 0 Å². The quantitative estimate of drug-likeness (QED) is 0.755. The average Bonchev–Trinajstić information content (AvgIpc) is 2.39. The molecule has 17 heavy (non-hydrogen) atoms. The van der Waals surface area contributed by atoms with Crippen molar-refractivity contribution < 1.29 is 4.74 Å². The lowest BCUT2D eigenvalue weighted by molar-refractivity contribution is 0.122. The minimum Gasteiger partial charge on any atom is -0.399 e. The summed E-state index contributed by atoms with van der Waals surface area (Å²) in [5.74, 6) is 0. The summed E-state index contributed by atoms with van der Waals surface area (Å²) in [6, 6.07) is 7.94. The van der Waals surface area contributed by atoms with E-state index in [9.17, 15) is 0 Å². The number of hydrogen-bond donors (Lipinski definition) is 1. The molecule has 1 fully saturated rings. The summed E-state index contributed by atoms with van der Waals surface area (Å²) in [5.41, 5.74) is 8.69. The first kappa shape index (κ1) is 10.4. The van der Waals surface area contributed by atoms with Crippen LogP contribution in [0.25, 0.3) is 10.9 Å². The van der Waals surface area contributed by atoms with Crippen LogP contribution in [0.2, 0.25) is 0 Å². The van der Waals surface area contributed by atoms with E-state index < -0.39 is 0 Å². The summed E-state index contributed by atoms with van der Waals surface area (Å²) >= 11 is 0. The highest BCUT2D eigenvalue weighted by atomic mass is 16.5. The van der Waals surface area contributed by atoms with E-state index in [-0.39, 0.29) is 0 Å². The number of pyridine rings is 1. The van der Waals surface area contributed by atoms with Crippen LogP contribution in [0.15, 0.2) is 30.5 Å². The Labute approximate surface area is 100.0 Å². The van der Waals surface area contributed by atoms with Crippen LogP contribution >= 0.6 is 0 Å². The highest BCUT2D eigenvalue weighted by molar-refractivity contribution is 5.84. The van der Waals surface area contributed by atoms with Gasteiger partial charge in [-0.15, -0.1) is 0 Å². The summed E-state index contributed by atoms with van der Waals surface area (Å²) < 4.78 is 5.35. The minimum atomic E-state index is 0.776. The van der Waals surface area contributed by atoms with Gasteiger partial charge in [-0.05, 0) is 24.3 Å². The number of aromatic nitrogens is 1. The molecule has 0 unspecified atom stereocenters. The molecule has 1 aliphatic heterocycles. The fourth-order valence-electron chi connectivity index (χ4n) is 2.13. The van der Waals surface area contributed by atoms with Crippen LogP contribution in [0.5, 0.6) is 0 Å². The highest BCUT2D eigenvalue weighted by Crippen LogP contribution is 2.22. The second-order valence-corrected chi connectivity index (χ2v) is 4.25. The number of benzene rings is 1. The van der Waals surface area contributed by atoms with Crippen LogP contribution in [-0.4, -0.2) is 31.3 Å². The lowest BCUT2D eigenvalue weighted by Crippen LogP contribution is -2.36. The molecular formula is C13H15N3O. The van der Waals surface area contributed by atoms with Crippen LogP contribution < -0.4 is 10.6 Å². The van der Waals surface area contributed by atoms with Gasteiger partial charge in [0.1, 0.15) is 0 Å². The van der Waals surface area contributed by atoms with Gasteiger partial charge >= 0.3 is 0 Å². The maximum atomic E-state index is 5.79. The number of ether oxygens (including phenoxy) is 1. The molecule has 2 heterocycles. The van der Waals surface area contributed by atoms with Gasteiger partial charge in [0.25, 0.3) is 0 Å². The molecule has 4 heteroatoms. The Balaban J connectivity index is 1.99. The second-order valence-electron chi connectivity index (χ2n) is 4.25. The summed E-state index contributed by atoms with van der Waals surface area (Å²) in [4.78, 5) is 6.75. The van der Waals surface area contributed by atoms with Crippen molar-refractivity contribution >= 4 is 22.3 Å². The molecule has 0 spiro atoms. The molecule has 0 amide bonds. The van der Waals surface area contributed by atoms with Crippen molar-refractivity contribution in [2.45, 2.75) is 0 Å². The van der Waals surface area contributed by atoms with Gasteiger partial charge in [-0.25, -0.2) is 0 Å². The molecule has 0 radical (unpaired) electrons. The van der Waals surface area contributed by atoms with Crippen molar-refractivity contribution in [3.63, 3.8) is 0 Å². The summed E-state index contributed by atoms with van der Waals surface area (Å²) in [6.07, 6.45) is 1.92. The van der Waals surface area contributed by atoms with Crippen molar-refractivity contribution in [1.82, 2.24) is 4.98 Å². The van der Waals surface area contributed by atoms with Crippen molar-refractivity contribution in [3.05, 3.63) is 30.5 Å². The molecule has 88 valence electrons. The van der Waals surface area contributed by atoms with Gasteiger partial charge in [0.2, 0.25) is 0 Å². The van der Waals surface area contributed by atoms with Crippen LogP contribution in [0.3, 0.4) is 0 Å². The number of nitrogens with two attached hydrogens (primary N) is 1. The van der Waals surface area contributed by atoms with Crippen molar-refractivity contribution in [3.8, 4) is 0 Å². The van der Waals surface area contributed by atoms with Crippen molar-refractivity contribution in [1.29, 1.82) is 0 Å². The third kappa shape index (κ3) is 2.03. The Bertz CT molecular complexity index is 535.